The number of amides is 1. The molecule has 0 spiro atoms. The molecular weight excluding hydrogens is 415 g/mol. The lowest BCUT2D eigenvalue weighted by Gasteiger charge is -2.34. The number of para-hydroxylation sites is 2. The normalized spacial score (nSPS) is 18.2. The molecule has 2 aliphatic rings. The van der Waals surface area contributed by atoms with Crippen LogP contribution < -0.4 is 9.64 Å². The number of nitrogens with zero attached hydrogens (tertiary/aromatic N) is 2. The van der Waals surface area contributed by atoms with Gasteiger partial charge in [0, 0.05) is 30.8 Å². The van der Waals surface area contributed by atoms with Crippen LogP contribution in [0.5, 0.6) is 5.75 Å². The Morgan fingerprint density at radius 3 is 2.42 bits per heavy atom. The molecule has 1 saturated carbocycles. The summed E-state index contributed by atoms with van der Waals surface area (Å²) in [5, 5.41) is 0. The molecule has 2 aromatic carbocycles. The van der Waals surface area contributed by atoms with Crippen LogP contribution >= 0.6 is 0 Å². The number of benzene rings is 2. The molecule has 4 nitrogen and oxygen atoms in total. The van der Waals surface area contributed by atoms with Gasteiger partial charge in [0.15, 0.2) is 11.6 Å². The molecule has 5 heteroatoms. The second-order valence-electron chi connectivity index (χ2n) is 9.57. The monoisotopic (exact) mass is 452 g/mol. The third-order valence-corrected chi connectivity index (χ3v) is 7.43. The van der Waals surface area contributed by atoms with E-state index >= 15 is 0 Å². The van der Waals surface area contributed by atoms with E-state index < -0.39 is 0 Å². The number of methoxy groups -OCH3 is 1. The first-order chi connectivity index (χ1) is 16.2. The Balaban J connectivity index is 1.34. The number of ether oxygens (including phenoxy) is 1. The quantitative estimate of drug-likeness (QED) is 0.491. The summed E-state index contributed by atoms with van der Waals surface area (Å²) in [4.78, 5) is 17.7. The van der Waals surface area contributed by atoms with Crippen molar-refractivity contribution in [3.63, 3.8) is 0 Å². The summed E-state index contributed by atoms with van der Waals surface area (Å²) in [5.41, 5.74) is 1.98. The summed E-state index contributed by atoms with van der Waals surface area (Å²) < 4.78 is 19.5. The van der Waals surface area contributed by atoms with Crippen LogP contribution in [0.4, 0.5) is 10.1 Å². The van der Waals surface area contributed by atoms with Crippen LogP contribution in [0.25, 0.3) is 0 Å². The lowest BCUT2D eigenvalue weighted by Crippen LogP contribution is -2.42. The molecule has 1 aliphatic heterocycles. The number of hydrogen-bond donors (Lipinski definition) is 0. The van der Waals surface area contributed by atoms with E-state index in [1.165, 1.54) is 38.2 Å². The van der Waals surface area contributed by atoms with Crippen molar-refractivity contribution in [1.29, 1.82) is 0 Å². The van der Waals surface area contributed by atoms with E-state index in [2.05, 4.69) is 4.90 Å². The molecule has 0 unspecified atom stereocenters. The molecule has 1 amide bonds. The summed E-state index contributed by atoms with van der Waals surface area (Å²) in [7, 11) is 1.54. The van der Waals surface area contributed by atoms with Gasteiger partial charge in [-0.3, -0.25) is 4.79 Å². The largest absolute Gasteiger partial charge is 0.493 e. The fourth-order valence-electron chi connectivity index (χ4n) is 5.53. The minimum absolute atomic E-state index is 0.257. The van der Waals surface area contributed by atoms with Gasteiger partial charge in [-0.2, -0.15) is 0 Å². The van der Waals surface area contributed by atoms with Gasteiger partial charge in [-0.1, -0.05) is 49.6 Å². The standard InChI is InChI=1S/C28H37FN2O2/c1-33-28-25(13-8-14-26(28)29)23-15-17-30(18-16-23)19-20-31(24-11-6-3-7-12-24)27(32)21-22-9-4-2-5-10-22/h3,6-8,11-14,22-23H,2,4-5,9-10,15-21H2,1H3. The predicted molar refractivity (Wildman–Crippen MR) is 131 cm³/mol. The molecule has 2 fully saturated rings. The van der Waals surface area contributed by atoms with E-state index in [-0.39, 0.29) is 11.7 Å². The van der Waals surface area contributed by atoms with E-state index in [9.17, 15) is 9.18 Å². The maximum Gasteiger partial charge on any atom is 0.227 e. The van der Waals surface area contributed by atoms with Gasteiger partial charge in [-0.05, 0) is 68.8 Å². The van der Waals surface area contributed by atoms with Crippen LogP contribution in [0.3, 0.4) is 0 Å². The molecule has 1 saturated heterocycles. The Morgan fingerprint density at radius 1 is 1.00 bits per heavy atom. The van der Waals surface area contributed by atoms with Crippen LogP contribution in [-0.2, 0) is 4.79 Å². The highest BCUT2D eigenvalue weighted by molar-refractivity contribution is 5.93. The number of piperidine rings is 1. The highest BCUT2D eigenvalue weighted by Crippen LogP contribution is 2.35. The van der Waals surface area contributed by atoms with E-state index in [0.717, 1.165) is 43.7 Å². The molecule has 33 heavy (non-hydrogen) atoms. The smallest absolute Gasteiger partial charge is 0.227 e. The van der Waals surface area contributed by atoms with Gasteiger partial charge in [-0.25, -0.2) is 4.39 Å². The molecule has 0 N–H and O–H groups in total. The van der Waals surface area contributed by atoms with Crippen LogP contribution in [-0.4, -0.2) is 44.1 Å². The second-order valence-corrected chi connectivity index (χ2v) is 9.57. The molecule has 0 atom stereocenters. The minimum Gasteiger partial charge on any atom is -0.493 e. The first-order valence-corrected chi connectivity index (χ1v) is 12.6. The fourth-order valence-corrected chi connectivity index (χ4v) is 5.53. The van der Waals surface area contributed by atoms with Crippen molar-refractivity contribution in [3.05, 3.63) is 59.9 Å². The summed E-state index contributed by atoms with van der Waals surface area (Å²) in [6.07, 6.45) is 8.81. The number of carbonyl (C=O) groups is 1. The SMILES string of the molecule is COc1c(F)cccc1C1CCN(CCN(C(=O)CC2CCCCC2)c2ccccc2)CC1. The molecule has 178 valence electrons. The molecule has 0 bridgehead atoms. The van der Waals surface area contributed by atoms with Crippen LogP contribution in [0.1, 0.15) is 62.8 Å². The molecule has 2 aromatic rings. The van der Waals surface area contributed by atoms with Gasteiger partial charge in [0.2, 0.25) is 5.91 Å². The first kappa shape index (κ1) is 23.7. The number of hydrogen-bond acceptors (Lipinski definition) is 3. The number of rotatable bonds is 8. The minimum atomic E-state index is -0.285. The van der Waals surface area contributed by atoms with Crippen LogP contribution in [0.15, 0.2) is 48.5 Å². The molecule has 4 rings (SSSR count). The van der Waals surface area contributed by atoms with Crippen LogP contribution in [0.2, 0.25) is 0 Å². The zero-order valence-corrected chi connectivity index (χ0v) is 19.8. The number of carbonyl (C=O) groups excluding carboxylic acids is 1. The molecule has 0 radical (unpaired) electrons. The average molecular weight is 453 g/mol. The predicted octanol–water partition coefficient (Wildman–Crippen LogP) is 6.02. The van der Waals surface area contributed by atoms with Crippen LogP contribution in [0, 0.1) is 11.7 Å². The van der Waals surface area contributed by atoms with E-state index in [1.54, 1.807) is 13.2 Å². The number of halogens is 1. The van der Waals surface area contributed by atoms with Gasteiger partial charge >= 0.3 is 0 Å². The Hall–Kier alpha value is -2.40. The fraction of sp³-hybridized carbons (Fsp3) is 0.536. The highest BCUT2D eigenvalue weighted by Gasteiger charge is 2.26. The lowest BCUT2D eigenvalue weighted by atomic mass is 9.86. The van der Waals surface area contributed by atoms with Gasteiger partial charge < -0.3 is 14.5 Å². The van der Waals surface area contributed by atoms with Crippen molar-refractivity contribution in [1.82, 2.24) is 4.90 Å². The highest BCUT2D eigenvalue weighted by atomic mass is 19.1. The third-order valence-electron chi connectivity index (χ3n) is 7.43. The Morgan fingerprint density at radius 2 is 1.73 bits per heavy atom. The third kappa shape index (κ3) is 6.14. The summed E-state index contributed by atoms with van der Waals surface area (Å²) in [5.74, 6) is 1.21. The van der Waals surface area contributed by atoms with Gasteiger partial charge in [-0.15, -0.1) is 0 Å². The maximum atomic E-state index is 14.1. The number of anilines is 1. The maximum absolute atomic E-state index is 14.1. The molecule has 0 aromatic heterocycles. The van der Waals surface area contributed by atoms with E-state index in [0.29, 0.717) is 30.6 Å². The Kier molecular flexibility index (Phi) is 8.38. The van der Waals surface area contributed by atoms with Gasteiger partial charge in [0.25, 0.3) is 0 Å². The van der Waals surface area contributed by atoms with Gasteiger partial charge in [0.05, 0.1) is 7.11 Å². The van der Waals surface area contributed by atoms with Crippen molar-refractivity contribution in [2.75, 3.05) is 38.2 Å². The Bertz CT molecular complexity index is 890. The van der Waals surface area contributed by atoms with E-state index in [1.807, 2.05) is 41.3 Å². The zero-order valence-electron chi connectivity index (χ0n) is 19.8. The average Bonchev–Trinajstić information content (AvgIpc) is 2.86. The van der Waals surface area contributed by atoms with E-state index in [4.69, 9.17) is 4.74 Å². The molecule has 1 aliphatic carbocycles. The van der Waals surface area contributed by atoms with Crippen molar-refractivity contribution in [2.24, 2.45) is 5.92 Å². The topological polar surface area (TPSA) is 32.8 Å². The lowest BCUT2D eigenvalue weighted by molar-refractivity contribution is -0.119. The number of likely N-dealkylation sites (tertiary alicyclic amines) is 1. The van der Waals surface area contributed by atoms with Crippen molar-refractivity contribution < 1.29 is 13.9 Å². The van der Waals surface area contributed by atoms with Gasteiger partial charge in [0.1, 0.15) is 0 Å². The molecule has 1 heterocycles. The first-order valence-electron chi connectivity index (χ1n) is 12.6. The summed E-state index contributed by atoms with van der Waals surface area (Å²) >= 11 is 0. The molecular formula is C28H37FN2O2. The summed E-state index contributed by atoms with van der Waals surface area (Å²) in [6, 6.07) is 15.3. The second kappa shape index (κ2) is 11.6. The zero-order chi connectivity index (χ0) is 23.0. The van der Waals surface area contributed by atoms with Crippen molar-refractivity contribution in [3.8, 4) is 5.75 Å². The summed E-state index contributed by atoms with van der Waals surface area (Å²) in [6.45, 7) is 3.47. The van der Waals surface area contributed by atoms with Crippen molar-refractivity contribution >= 4 is 11.6 Å². The Labute approximate surface area is 197 Å². The van der Waals surface area contributed by atoms with Crippen molar-refractivity contribution in [2.45, 2.75) is 57.3 Å².